The number of nitrogens with zero attached hydrogens (tertiary/aromatic N) is 2. The Bertz CT molecular complexity index is 1350. The SMILES string of the molecule is Cc1cccc([N+](=O)[O-])c1C(=O)OC(=O)c1c(C)cccc1[N+](=O)[O-].O=C(Cl)c1c(Cl)cc(Cl)cc1Cl. The molecule has 0 N–H and O–H groups in total. The Kier molecular flexibility index (Phi) is 10.1. The fraction of sp³-hybridized carbons (Fsp3) is 0.0870. The molecular formula is C23H14Cl4N2O8. The first kappa shape index (κ1) is 29.7. The Hall–Kier alpha value is -3.57. The van der Waals surface area contributed by atoms with E-state index >= 15 is 0 Å². The molecule has 0 amide bonds. The lowest BCUT2D eigenvalue weighted by Gasteiger charge is -2.08. The van der Waals surface area contributed by atoms with Crippen molar-refractivity contribution in [3.05, 3.63) is 112 Å². The molecule has 3 rings (SSSR count). The average Bonchev–Trinajstić information content (AvgIpc) is 2.77. The van der Waals surface area contributed by atoms with Crippen molar-refractivity contribution >= 4 is 75.0 Å². The summed E-state index contributed by atoms with van der Waals surface area (Å²) in [4.78, 5) is 55.8. The van der Waals surface area contributed by atoms with Crippen LogP contribution >= 0.6 is 46.4 Å². The van der Waals surface area contributed by atoms with Crippen LogP contribution in [0.3, 0.4) is 0 Å². The second-order valence-electron chi connectivity index (χ2n) is 7.15. The van der Waals surface area contributed by atoms with Gasteiger partial charge in [0.2, 0.25) is 0 Å². The molecule has 0 heterocycles. The van der Waals surface area contributed by atoms with E-state index in [0.29, 0.717) is 5.02 Å². The van der Waals surface area contributed by atoms with Crippen molar-refractivity contribution in [3.63, 3.8) is 0 Å². The number of nitro groups is 2. The van der Waals surface area contributed by atoms with E-state index in [1.54, 1.807) is 0 Å². The molecule has 0 radical (unpaired) electrons. The van der Waals surface area contributed by atoms with Gasteiger partial charge in [-0.05, 0) is 48.7 Å². The molecule has 0 bridgehead atoms. The quantitative estimate of drug-likeness (QED) is 0.100. The molecule has 37 heavy (non-hydrogen) atoms. The summed E-state index contributed by atoms with van der Waals surface area (Å²) in [6.07, 6.45) is 0. The molecule has 0 saturated carbocycles. The number of esters is 2. The van der Waals surface area contributed by atoms with E-state index in [-0.39, 0.29) is 37.9 Å². The molecule has 192 valence electrons. The van der Waals surface area contributed by atoms with Gasteiger partial charge in [0.1, 0.15) is 11.1 Å². The van der Waals surface area contributed by atoms with Crippen LogP contribution in [0.1, 0.15) is 42.2 Å². The Balaban J connectivity index is 0.000000335. The normalized spacial score (nSPS) is 10.1. The molecule has 0 aliphatic rings. The zero-order valence-corrected chi connectivity index (χ0v) is 21.8. The van der Waals surface area contributed by atoms with Gasteiger partial charge in [0.15, 0.2) is 0 Å². The van der Waals surface area contributed by atoms with Gasteiger partial charge in [0, 0.05) is 17.2 Å². The van der Waals surface area contributed by atoms with Crippen LogP contribution in [0.15, 0.2) is 48.5 Å². The Morgan fingerprint density at radius 1 is 0.730 bits per heavy atom. The molecule has 0 spiro atoms. The third-order valence-corrected chi connectivity index (χ3v) is 5.70. The standard InChI is InChI=1S/C16H12N2O7.C7H2Cl4O/c1-9-5-3-7-11(17(21)22)13(9)15(19)25-16(20)14-10(2)6-4-8-12(14)18(23)24;8-3-1-4(9)6(7(11)12)5(10)2-3/h3-8H,1-2H3;1-2H. The zero-order chi connectivity index (χ0) is 28.0. The van der Waals surface area contributed by atoms with Gasteiger partial charge in [0.05, 0.1) is 25.5 Å². The second-order valence-corrected chi connectivity index (χ2v) is 8.74. The molecule has 0 unspecified atom stereocenters. The number of nitro benzene ring substituents is 2. The van der Waals surface area contributed by atoms with E-state index in [9.17, 15) is 34.6 Å². The third-order valence-electron chi connectivity index (χ3n) is 4.69. The van der Waals surface area contributed by atoms with E-state index in [2.05, 4.69) is 4.74 Å². The number of carbonyl (C=O) groups excluding carboxylic acids is 3. The predicted molar refractivity (Wildman–Crippen MR) is 137 cm³/mol. The van der Waals surface area contributed by atoms with Crippen LogP contribution in [0.5, 0.6) is 0 Å². The summed E-state index contributed by atoms with van der Waals surface area (Å²) in [5.74, 6) is -2.49. The minimum atomic E-state index is -1.24. The number of halogens is 4. The largest absolute Gasteiger partial charge is 0.385 e. The predicted octanol–water partition coefficient (Wildman–Crippen LogP) is 7.14. The summed E-state index contributed by atoms with van der Waals surface area (Å²) < 4.78 is 4.68. The average molecular weight is 588 g/mol. The molecule has 0 fully saturated rings. The van der Waals surface area contributed by atoms with Gasteiger partial charge < -0.3 is 4.74 Å². The van der Waals surface area contributed by atoms with Gasteiger partial charge in [-0.2, -0.15) is 0 Å². The molecule has 14 heteroatoms. The molecule has 0 saturated heterocycles. The van der Waals surface area contributed by atoms with Crippen LogP contribution in [0.4, 0.5) is 11.4 Å². The maximum atomic E-state index is 12.2. The number of hydrogen-bond acceptors (Lipinski definition) is 8. The first-order valence-electron chi connectivity index (χ1n) is 9.85. The number of rotatable bonds is 5. The summed E-state index contributed by atoms with van der Waals surface area (Å²) >= 11 is 22.1. The number of hydrogen-bond donors (Lipinski definition) is 0. The van der Waals surface area contributed by atoms with Crippen molar-refractivity contribution in [2.45, 2.75) is 13.8 Å². The lowest BCUT2D eigenvalue weighted by atomic mass is 10.1. The monoisotopic (exact) mass is 586 g/mol. The molecule has 0 atom stereocenters. The molecular weight excluding hydrogens is 574 g/mol. The van der Waals surface area contributed by atoms with Gasteiger partial charge in [-0.3, -0.25) is 25.0 Å². The highest BCUT2D eigenvalue weighted by Gasteiger charge is 2.30. The Labute approximate surface area is 228 Å². The van der Waals surface area contributed by atoms with Crippen molar-refractivity contribution in [2.24, 2.45) is 0 Å². The highest BCUT2D eigenvalue weighted by atomic mass is 35.5. The van der Waals surface area contributed by atoms with Gasteiger partial charge >= 0.3 is 11.9 Å². The van der Waals surface area contributed by atoms with Crippen LogP contribution in [0.2, 0.25) is 15.1 Å². The molecule has 10 nitrogen and oxygen atoms in total. The first-order valence-corrected chi connectivity index (χ1v) is 11.4. The number of aryl methyl sites for hydroxylation is 2. The summed E-state index contributed by atoms with van der Waals surface area (Å²) in [6.45, 7) is 2.90. The Morgan fingerprint density at radius 2 is 1.11 bits per heavy atom. The summed E-state index contributed by atoms with van der Waals surface area (Å²) in [5.41, 5.74) is -1.22. The third kappa shape index (κ3) is 7.23. The molecule has 3 aromatic carbocycles. The van der Waals surface area contributed by atoms with Crippen LogP contribution in [-0.4, -0.2) is 27.0 Å². The fourth-order valence-electron chi connectivity index (χ4n) is 3.06. The minimum Gasteiger partial charge on any atom is -0.385 e. The van der Waals surface area contributed by atoms with E-state index in [1.165, 1.54) is 50.2 Å². The summed E-state index contributed by atoms with van der Waals surface area (Å²) in [5, 5.41) is 22.1. The topological polar surface area (TPSA) is 147 Å². The number of carbonyl (C=O) groups is 3. The highest BCUT2D eigenvalue weighted by molar-refractivity contribution is 6.70. The molecule has 0 aliphatic carbocycles. The second kappa shape index (κ2) is 12.6. The van der Waals surface area contributed by atoms with E-state index in [0.717, 1.165) is 12.1 Å². The molecule has 3 aromatic rings. The lowest BCUT2D eigenvalue weighted by Crippen LogP contribution is -2.17. The lowest BCUT2D eigenvalue weighted by molar-refractivity contribution is -0.385. The van der Waals surface area contributed by atoms with E-state index in [1.807, 2.05) is 0 Å². The van der Waals surface area contributed by atoms with Crippen LogP contribution in [0.25, 0.3) is 0 Å². The van der Waals surface area contributed by atoms with Crippen LogP contribution in [-0.2, 0) is 4.74 Å². The summed E-state index contributed by atoms with van der Waals surface area (Å²) in [6, 6.07) is 10.7. The van der Waals surface area contributed by atoms with Crippen LogP contribution in [0, 0.1) is 34.1 Å². The van der Waals surface area contributed by atoms with E-state index < -0.39 is 38.4 Å². The van der Waals surface area contributed by atoms with Crippen LogP contribution < -0.4 is 0 Å². The zero-order valence-electron chi connectivity index (χ0n) is 18.8. The summed E-state index contributed by atoms with van der Waals surface area (Å²) in [7, 11) is 0. The number of benzene rings is 3. The molecule has 0 aliphatic heterocycles. The minimum absolute atomic E-state index is 0.0874. The Morgan fingerprint density at radius 3 is 1.43 bits per heavy atom. The van der Waals surface area contributed by atoms with Crippen molar-refractivity contribution in [1.29, 1.82) is 0 Å². The maximum absolute atomic E-state index is 12.2. The van der Waals surface area contributed by atoms with Crippen molar-refractivity contribution < 1.29 is 29.0 Å². The molecule has 0 aromatic heterocycles. The maximum Gasteiger partial charge on any atom is 0.353 e. The fourth-order valence-corrected chi connectivity index (χ4v) is 4.35. The first-order chi connectivity index (χ1) is 17.3. The smallest absolute Gasteiger partial charge is 0.353 e. The van der Waals surface area contributed by atoms with Crippen molar-refractivity contribution in [3.8, 4) is 0 Å². The van der Waals surface area contributed by atoms with Crippen molar-refractivity contribution in [2.75, 3.05) is 0 Å². The van der Waals surface area contributed by atoms with Gasteiger partial charge in [-0.15, -0.1) is 0 Å². The highest BCUT2D eigenvalue weighted by Crippen LogP contribution is 2.30. The van der Waals surface area contributed by atoms with Crippen molar-refractivity contribution in [1.82, 2.24) is 0 Å². The van der Waals surface area contributed by atoms with Gasteiger partial charge in [-0.1, -0.05) is 59.1 Å². The van der Waals surface area contributed by atoms with Gasteiger partial charge in [0.25, 0.3) is 16.6 Å². The van der Waals surface area contributed by atoms with Gasteiger partial charge in [-0.25, -0.2) is 9.59 Å². The number of ether oxygens (including phenoxy) is 1. The van der Waals surface area contributed by atoms with E-state index in [4.69, 9.17) is 46.4 Å².